The number of carbonyl (C=O) groups is 1. The predicted molar refractivity (Wildman–Crippen MR) is 77.8 cm³/mol. The van der Waals surface area contributed by atoms with Crippen LogP contribution in [0.4, 0.5) is 8.78 Å². The van der Waals surface area contributed by atoms with Crippen molar-refractivity contribution in [2.24, 2.45) is 0 Å². The van der Waals surface area contributed by atoms with Gasteiger partial charge >= 0.3 is 35.5 Å². The average Bonchev–Trinajstić information content (AvgIpc) is 3.26. The zero-order chi connectivity index (χ0) is 16.2. The number of hydrogen-bond donors (Lipinski definition) is 1. The molecule has 1 atom stereocenters. The molecular formula is C15H18ClF2NaO4. The molecule has 0 amide bonds. The van der Waals surface area contributed by atoms with Crippen molar-refractivity contribution in [2.45, 2.75) is 37.2 Å². The van der Waals surface area contributed by atoms with E-state index in [0.29, 0.717) is 30.2 Å². The topological polar surface area (TPSA) is 59.1 Å². The Morgan fingerprint density at radius 3 is 2.48 bits per heavy atom. The number of rotatable bonds is 9. The van der Waals surface area contributed by atoms with E-state index >= 15 is 0 Å². The van der Waals surface area contributed by atoms with Crippen LogP contribution >= 0.6 is 11.6 Å². The van der Waals surface area contributed by atoms with E-state index in [1.807, 2.05) is 0 Å². The molecular weight excluding hydrogens is 341 g/mol. The summed E-state index contributed by atoms with van der Waals surface area (Å²) >= 11 is 5.74. The molecule has 1 aliphatic heterocycles. The van der Waals surface area contributed by atoms with Gasteiger partial charge in [0, 0.05) is 11.4 Å². The number of halogens is 3. The van der Waals surface area contributed by atoms with Gasteiger partial charge in [-0.05, 0) is 43.5 Å². The SMILES string of the molecule is O=C(O)C1(C(F)(F)CCCCCOc2ccc(Cl)cc2)CO1.[H-].[Na+]. The number of unbranched alkanes of at least 4 members (excludes halogenated alkanes) is 2. The third-order valence-electron chi connectivity index (χ3n) is 3.59. The molecule has 1 aliphatic rings. The third-order valence-corrected chi connectivity index (χ3v) is 3.84. The molecule has 1 N–H and O–H groups in total. The Hall–Kier alpha value is -0.400. The smallest absolute Gasteiger partial charge is 1.00 e. The minimum absolute atomic E-state index is 0. The van der Waals surface area contributed by atoms with Crippen LogP contribution in [0, 0.1) is 0 Å². The first-order chi connectivity index (χ1) is 10.4. The molecule has 0 aliphatic carbocycles. The number of carboxylic acids is 1. The van der Waals surface area contributed by atoms with Gasteiger partial charge in [0.1, 0.15) is 5.75 Å². The van der Waals surface area contributed by atoms with Crippen molar-refractivity contribution in [1.29, 1.82) is 0 Å². The van der Waals surface area contributed by atoms with Crippen LogP contribution in [-0.4, -0.2) is 35.8 Å². The zero-order valence-corrected chi connectivity index (χ0v) is 15.6. The minimum Gasteiger partial charge on any atom is -1.00 e. The summed E-state index contributed by atoms with van der Waals surface area (Å²) in [6, 6.07) is 6.88. The molecule has 2 rings (SSSR count). The van der Waals surface area contributed by atoms with E-state index in [9.17, 15) is 13.6 Å². The van der Waals surface area contributed by atoms with Crippen molar-refractivity contribution in [3.05, 3.63) is 29.3 Å². The fourth-order valence-electron chi connectivity index (χ4n) is 2.11. The number of ether oxygens (including phenoxy) is 2. The minimum atomic E-state index is -3.34. The maximum atomic E-state index is 13.8. The fourth-order valence-corrected chi connectivity index (χ4v) is 2.24. The largest absolute Gasteiger partial charge is 1.00 e. The first-order valence-corrected chi connectivity index (χ1v) is 7.39. The summed E-state index contributed by atoms with van der Waals surface area (Å²) in [6.07, 6.45) is 0.855. The Labute approximate surface area is 161 Å². The van der Waals surface area contributed by atoms with Crippen LogP contribution in [0.2, 0.25) is 5.02 Å². The maximum absolute atomic E-state index is 13.8. The second kappa shape index (κ2) is 8.62. The molecule has 0 spiro atoms. The van der Waals surface area contributed by atoms with Crippen LogP contribution in [0.5, 0.6) is 5.75 Å². The summed E-state index contributed by atoms with van der Waals surface area (Å²) in [4.78, 5) is 10.8. The molecule has 4 nitrogen and oxygen atoms in total. The molecule has 1 aromatic carbocycles. The van der Waals surface area contributed by atoms with E-state index in [1.165, 1.54) is 0 Å². The summed E-state index contributed by atoms with van der Waals surface area (Å²) in [5.41, 5.74) is -2.30. The number of aliphatic carboxylic acids is 1. The van der Waals surface area contributed by atoms with Crippen LogP contribution in [0.3, 0.4) is 0 Å². The molecule has 1 heterocycles. The molecule has 1 unspecified atom stereocenters. The first kappa shape index (κ1) is 20.6. The van der Waals surface area contributed by atoms with Gasteiger partial charge in [0.15, 0.2) is 0 Å². The number of hydrogen-bond acceptors (Lipinski definition) is 3. The van der Waals surface area contributed by atoms with E-state index in [0.717, 1.165) is 0 Å². The summed E-state index contributed by atoms with van der Waals surface area (Å²) in [5, 5.41) is 9.41. The van der Waals surface area contributed by atoms with Crippen molar-refractivity contribution in [3.63, 3.8) is 0 Å². The van der Waals surface area contributed by atoms with E-state index in [2.05, 4.69) is 4.74 Å². The molecule has 1 aromatic rings. The van der Waals surface area contributed by atoms with E-state index in [1.54, 1.807) is 24.3 Å². The van der Waals surface area contributed by atoms with Gasteiger partial charge in [-0.25, -0.2) is 13.6 Å². The molecule has 8 heteroatoms. The van der Waals surface area contributed by atoms with Gasteiger partial charge in [0.25, 0.3) is 11.5 Å². The van der Waals surface area contributed by atoms with E-state index in [4.69, 9.17) is 21.4 Å². The Balaban J connectivity index is 0.00000264. The zero-order valence-electron chi connectivity index (χ0n) is 13.9. The van der Waals surface area contributed by atoms with Crippen LogP contribution in [0.15, 0.2) is 24.3 Å². The summed E-state index contributed by atoms with van der Waals surface area (Å²) < 4.78 is 37.5. The van der Waals surface area contributed by atoms with Crippen molar-refractivity contribution in [3.8, 4) is 5.75 Å². The van der Waals surface area contributed by atoms with Gasteiger partial charge in [-0.2, -0.15) is 0 Å². The summed E-state index contributed by atoms with van der Waals surface area (Å²) in [7, 11) is 0. The molecule has 23 heavy (non-hydrogen) atoms. The molecule has 0 saturated carbocycles. The Bertz CT molecular complexity index is 527. The Kier molecular flexibility index (Phi) is 7.74. The van der Waals surface area contributed by atoms with Gasteiger partial charge in [-0.15, -0.1) is 0 Å². The fraction of sp³-hybridized carbons (Fsp3) is 0.533. The van der Waals surface area contributed by atoms with E-state index < -0.39 is 30.5 Å². The van der Waals surface area contributed by atoms with Crippen molar-refractivity contribution < 1.29 is 59.1 Å². The average molecular weight is 359 g/mol. The predicted octanol–water partition coefficient (Wildman–Crippen LogP) is 0.885. The Morgan fingerprint density at radius 2 is 1.96 bits per heavy atom. The van der Waals surface area contributed by atoms with Gasteiger partial charge in [-0.1, -0.05) is 11.6 Å². The first-order valence-electron chi connectivity index (χ1n) is 7.01. The van der Waals surface area contributed by atoms with Crippen LogP contribution in [0.1, 0.15) is 27.1 Å². The van der Waals surface area contributed by atoms with Crippen molar-refractivity contribution in [1.82, 2.24) is 0 Å². The maximum Gasteiger partial charge on any atom is 1.00 e. The van der Waals surface area contributed by atoms with Gasteiger partial charge in [0.05, 0.1) is 13.2 Å². The number of epoxide rings is 1. The second-order valence-corrected chi connectivity index (χ2v) is 5.67. The van der Waals surface area contributed by atoms with Gasteiger partial charge in [-0.3, -0.25) is 0 Å². The molecule has 0 radical (unpaired) electrons. The van der Waals surface area contributed by atoms with Crippen LogP contribution in [-0.2, 0) is 9.53 Å². The summed E-state index contributed by atoms with van der Waals surface area (Å²) in [6.45, 7) is -0.0111. The molecule has 1 fully saturated rings. The molecule has 0 aromatic heterocycles. The van der Waals surface area contributed by atoms with Gasteiger partial charge < -0.3 is 16.0 Å². The van der Waals surface area contributed by atoms with E-state index in [-0.39, 0.29) is 37.4 Å². The molecule has 1 saturated heterocycles. The number of alkyl halides is 2. The molecule has 0 bridgehead atoms. The normalized spacial score (nSPS) is 19.8. The number of carboxylic acid groups (broad SMARTS) is 1. The van der Waals surface area contributed by atoms with Crippen molar-refractivity contribution in [2.75, 3.05) is 13.2 Å². The third kappa shape index (κ3) is 5.29. The summed E-state index contributed by atoms with van der Waals surface area (Å²) in [5.74, 6) is -4.26. The molecule has 124 valence electrons. The van der Waals surface area contributed by atoms with Crippen molar-refractivity contribution >= 4 is 17.6 Å². The quantitative estimate of drug-likeness (QED) is 0.404. The Morgan fingerprint density at radius 1 is 1.35 bits per heavy atom. The monoisotopic (exact) mass is 358 g/mol. The van der Waals surface area contributed by atoms with Gasteiger partial charge in [0.2, 0.25) is 0 Å². The van der Waals surface area contributed by atoms with Crippen LogP contribution < -0.4 is 34.3 Å². The standard InChI is InChI=1S/C15H17ClF2O4.Na.H/c16-11-4-6-12(7-5-11)21-9-3-1-2-8-15(17,18)14(10-22-14)13(19)20;;/h4-7H,1-3,8-10H2,(H,19,20);;/q;+1;-1. The number of benzene rings is 1. The van der Waals surface area contributed by atoms with Crippen LogP contribution in [0.25, 0.3) is 0 Å². The second-order valence-electron chi connectivity index (χ2n) is 5.24.